The van der Waals surface area contributed by atoms with Gasteiger partial charge in [-0.25, -0.2) is 0 Å². The van der Waals surface area contributed by atoms with E-state index >= 15 is 0 Å². The van der Waals surface area contributed by atoms with Gasteiger partial charge in [0.15, 0.2) is 5.82 Å². The molecule has 1 aromatic heterocycles. The highest BCUT2D eigenvalue weighted by Gasteiger charge is 2.33. The predicted octanol–water partition coefficient (Wildman–Crippen LogP) is 0.201. The van der Waals surface area contributed by atoms with Crippen molar-refractivity contribution in [3.05, 3.63) is 11.7 Å². The molecule has 0 unspecified atom stereocenters. The number of esters is 1. The first kappa shape index (κ1) is 13.5. The average Bonchev–Trinajstić information content (AvgIpc) is 2.95. The van der Waals surface area contributed by atoms with Crippen LogP contribution in [-0.2, 0) is 16.1 Å². The Morgan fingerprint density at radius 1 is 1.30 bits per heavy atom. The van der Waals surface area contributed by atoms with Crippen molar-refractivity contribution in [3.63, 3.8) is 0 Å². The van der Waals surface area contributed by atoms with E-state index in [1.54, 1.807) is 6.92 Å². The number of cyclic esters (lactones) is 1. The van der Waals surface area contributed by atoms with Crippen molar-refractivity contribution in [2.24, 2.45) is 0 Å². The Morgan fingerprint density at radius 3 is 2.90 bits per heavy atom. The summed E-state index contributed by atoms with van der Waals surface area (Å²) in [6.45, 7) is 6.81. The highest BCUT2D eigenvalue weighted by molar-refractivity contribution is 5.77. The summed E-state index contributed by atoms with van der Waals surface area (Å²) in [5, 5.41) is 3.93. The minimum atomic E-state index is -0.0627. The lowest BCUT2D eigenvalue weighted by atomic mass is 10.2. The quantitative estimate of drug-likeness (QED) is 0.732. The van der Waals surface area contributed by atoms with Crippen LogP contribution in [0.15, 0.2) is 4.52 Å². The Bertz CT molecular complexity index is 476. The molecule has 2 aliphatic rings. The Hall–Kier alpha value is -1.47. The van der Waals surface area contributed by atoms with Crippen LogP contribution in [0.5, 0.6) is 0 Å². The summed E-state index contributed by atoms with van der Waals surface area (Å²) >= 11 is 0. The van der Waals surface area contributed by atoms with Crippen molar-refractivity contribution in [1.82, 2.24) is 19.9 Å². The zero-order chi connectivity index (χ0) is 13.9. The second-order valence-corrected chi connectivity index (χ2v) is 5.37. The third kappa shape index (κ3) is 2.99. The first-order valence-corrected chi connectivity index (χ1v) is 7.14. The Kier molecular flexibility index (Phi) is 3.98. The van der Waals surface area contributed by atoms with Gasteiger partial charge in [-0.1, -0.05) is 5.16 Å². The van der Waals surface area contributed by atoms with Crippen molar-refractivity contribution >= 4 is 5.97 Å². The van der Waals surface area contributed by atoms with E-state index < -0.39 is 0 Å². The summed E-state index contributed by atoms with van der Waals surface area (Å²) in [6.07, 6.45) is 1.86. The Morgan fingerprint density at radius 2 is 2.20 bits per heavy atom. The van der Waals surface area contributed by atoms with E-state index in [-0.39, 0.29) is 12.0 Å². The predicted molar refractivity (Wildman–Crippen MR) is 69.9 cm³/mol. The number of rotatable bonds is 3. The lowest BCUT2D eigenvalue weighted by Crippen LogP contribution is -2.41. The molecule has 7 nitrogen and oxygen atoms in total. The maximum atomic E-state index is 11.7. The maximum Gasteiger partial charge on any atom is 0.323 e. The maximum absolute atomic E-state index is 11.7. The van der Waals surface area contributed by atoms with Crippen molar-refractivity contribution in [2.75, 3.05) is 32.8 Å². The molecule has 7 heteroatoms. The molecule has 0 radical (unpaired) electrons. The van der Waals surface area contributed by atoms with Crippen LogP contribution in [0.25, 0.3) is 0 Å². The Balaban J connectivity index is 1.55. The number of hydrogen-bond donors (Lipinski definition) is 0. The van der Waals surface area contributed by atoms with Crippen LogP contribution in [0.1, 0.15) is 24.6 Å². The van der Waals surface area contributed by atoms with Gasteiger partial charge in [0.25, 0.3) is 0 Å². The summed E-state index contributed by atoms with van der Waals surface area (Å²) in [5.41, 5.74) is 0. The second kappa shape index (κ2) is 5.88. The average molecular weight is 280 g/mol. The largest absolute Gasteiger partial charge is 0.464 e. The highest BCUT2D eigenvalue weighted by Crippen LogP contribution is 2.17. The fraction of sp³-hybridized carbons (Fsp3) is 0.769. The van der Waals surface area contributed by atoms with E-state index in [4.69, 9.17) is 9.26 Å². The number of carbonyl (C=O) groups excluding carboxylic acids is 1. The molecule has 2 aliphatic heterocycles. The van der Waals surface area contributed by atoms with Crippen LogP contribution in [0.4, 0.5) is 0 Å². The van der Waals surface area contributed by atoms with Gasteiger partial charge < -0.3 is 9.26 Å². The molecule has 110 valence electrons. The fourth-order valence-electron chi connectivity index (χ4n) is 2.88. The second-order valence-electron chi connectivity index (χ2n) is 5.37. The van der Waals surface area contributed by atoms with Gasteiger partial charge in [-0.15, -0.1) is 0 Å². The molecule has 1 atom stereocenters. The minimum Gasteiger partial charge on any atom is -0.464 e. The highest BCUT2D eigenvalue weighted by atomic mass is 16.5. The Labute approximate surface area is 117 Å². The zero-order valence-corrected chi connectivity index (χ0v) is 11.7. The van der Waals surface area contributed by atoms with Gasteiger partial charge in [-0.05, 0) is 13.0 Å². The molecular weight excluding hydrogens is 260 g/mol. The molecule has 0 bridgehead atoms. The third-order valence-electron chi connectivity index (χ3n) is 3.91. The van der Waals surface area contributed by atoms with Crippen LogP contribution >= 0.6 is 0 Å². The fourth-order valence-corrected chi connectivity index (χ4v) is 2.88. The lowest BCUT2D eigenvalue weighted by molar-refractivity contribution is -0.142. The first-order valence-electron chi connectivity index (χ1n) is 7.14. The van der Waals surface area contributed by atoms with E-state index in [1.807, 2.05) is 0 Å². The molecule has 2 fully saturated rings. The SMILES string of the molecule is Cc1nc(CN2CCCN([C@@H]3CCOC3=O)CC2)no1. The van der Waals surface area contributed by atoms with Crippen molar-refractivity contribution in [3.8, 4) is 0 Å². The summed E-state index contributed by atoms with van der Waals surface area (Å²) in [7, 11) is 0. The molecule has 0 spiro atoms. The van der Waals surface area contributed by atoms with Gasteiger partial charge in [0, 0.05) is 33.0 Å². The standard InChI is InChI=1S/C13H20N4O3/c1-10-14-12(15-20-10)9-16-4-2-5-17(7-6-16)11-3-8-19-13(11)18/h11H,2-9H2,1H3/t11-/m1/s1. The van der Waals surface area contributed by atoms with Crippen LogP contribution < -0.4 is 0 Å². The van der Waals surface area contributed by atoms with Crippen molar-refractivity contribution in [2.45, 2.75) is 32.4 Å². The molecule has 3 heterocycles. The van der Waals surface area contributed by atoms with Gasteiger partial charge in [0.05, 0.1) is 13.2 Å². The molecule has 3 rings (SSSR count). The van der Waals surface area contributed by atoms with E-state index in [2.05, 4.69) is 19.9 Å². The molecule has 0 amide bonds. The van der Waals surface area contributed by atoms with Gasteiger partial charge in [-0.2, -0.15) is 4.98 Å². The molecule has 0 saturated carbocycles. The topological polar surface area (TPSA) is 71.7 Å². The molecule has 0 N–H and O–H groups in total. The number of hydrogen-bond acceptors (Lipinski definition) is 7. The minimum absolute atomic E-state index is 0.0395. The van der Waals surface area contributed by atoms with Crippen LogP contribution in [0, 0.1) is 6.92 Å². The zero-order valence-electron chi connectivity index (χ0n) is 11.7. The van der Waals surface area contributed by atoms with Gasteiger partial charge >= 0.3 is 5.97 Å². The molecule has 0 aromatic carbocycles. The summed E-state index contributed by atoms with van der Waals surface area (Å²) in [6, 6.07) is -0.0395. The third-order valence-corrected chi connectivity index (χ3v) is 3.91. The van der Waals surface area contributed by atoms with Crippen LogP contribution in [-0.4, -0.2) is 64.7 Å². The number of aryl methyl sites for hydroxylation is 1. The van der Waals surface area contributed by atoms with Gasteiger partial charge in [0.2, 0.25) is 5.89 Å². The summed E-state index contributed by atoms with van der Waals surface area (Å²) < 4.78 is 10.1. The van der Waals surface area contributed by atoms with Crippen LogP contribution in [0.3, 0.4) is 0 Å². The smallest absolute Gasteiger partial charge is 0.323 e. The van der Waals surface area contributed by atoms with E-state index in [0.717, 1.165) is 44.8 Å². The van der Waals surface area contributed by atoms with E-state index in [1.165, 1.54) is 0 Å². The lowest BCUT2D eigenvalue weighted by Gasteiger charge is -2.24. The molecular formula is C13H20N4O3. The first-order chi connectivity index (χ1) is 9.72. The van der Waals surface area contributed by atoms with E-state index in [0.29, 0.717) is 19.0 Å². The summed E-state index contributed by atoms with van der Waals surface area (Å²) in [5.74, 6) is 1.27. The molecule has 20 heavy (non-hydrogen) atoms. The molecule has 1 aromatic rings. The number of carbonyl (C=O) groups is 1. The van der Waals surface area contributed by atoms with Gasteiger partial charge in [-0.3, -0.25) is 14.6 Å². The van der Waals surface area contributed by atoms with Crippen LogP contribution in [0.2, 0.25) is 0 Å². The van der Waals surface area contributed by atoms with Gasteiger partial charge in [0.1, 0.15) is 6.04 Å². The summed E-state index contributed by atoms with van der Waals surface area (Å²) in [4.78, 5) is 20.4. The van der Waals surface area contributed by atoms with Crippen molar-refractivity contribution < 1.29 is 14.1 Å². The number of ether oxygens (including phenoxy) is 1. The van der Waals surface area contributed by atoms with E-state index in [9.17, 15) is 4.79 Å². The molecule has 0 aliphatic carbocycles. The number of aromatic nitrogens is 2. The normalized spacial score (nSPS) is 25.6. The monoisotopic (exact) mass is 280 g/mol. The van der Waals surface area contributed by atoms with Crippen molar-refractivity contribution in [1.29, 1.82) is 0 Å². The number of nitrogens with zero attached hydrogens (tertiary/aromatic N) is 4. The molecule has 2 saturated heterocycles.